The smallest absolute Gasteiger partial charge is 0.450 e. The summed E-state index contributed by atoms with van der Waals surface area (Å²) >= 11 is 0. The number of halogens is 3. The van der Waals surface area contributed by atoms with Gasteiger partial charge in [-0.2, -0.15) is 18.3 Å². The van der Waals surface area contributed by atoms with E-state index >= 15 is 0 Å². The highest BCUT2D eigenvalue weighted by atomic mass is 19.4. The van der Waals surface area contributed by atoms with Crippen LogP contribution in [0.1, 0.15) is 18.2 Å². The lowest BCUT2D eigenvalue weighted by Crippen LogP contribution is -2.46. The normalized spacial score (nSPS) is 22.3. The van der Waals surface area contributed by atoms with E-state index in [2.05, 4.69) is 40.6 Å². The SMILES string of the molecule is CN1CC(OC(=O)C(F)(F)F)[C@@](O)(c2cc(-c3cccc(-c4ccnc(Nc5cnn([C@@H]6CCNC6)c5)n4)n3)no2)C1=O. The molecule has 2 aliphatic heterocycles. The third-order valence-electron chi connectivity index (χ3n) is 7.14. The second kappa shape index (κ2) is 10.7. The fraction of sp³-hybridized carbons (Fsp3) is 0.346. The predicted octanol–water partition coefficient (Wildman–Crippen LogP) is 1.80. The van der Waals surface area contributed by atoms with Gasteiger partial charge in [-0.15, -0.1) is 0 Å². The molecule has 1 unspecified atom stereocenters. The number of anilines is 2. The fourth-order valence-corrected chi connectivity index (χ4v) is 4.93. The number of hydrogen-bond donors (Lipinski definition) is 3. The highest BCUT2D eigenvalue weighted by Gasteiger charge is 2.60. The summed E-state index contributed by atoms with van der Waals surface area (Å²) in [5.74, 6) is -3.77. The first-order valence-corrected chi connectivity index (χ1v) is 13.1. The van der Waals surface area contributed by atoms with E-state index in [1.807, 2.05) is 10.9 Å². The Morgan fingerprint density at radius 3 is 2.72 bits per heavy atom. The van der Waals surface area contributed by atoms with E-state index in [1.54, 1.807) is 36.7 Å². The van der Waals surface area contributed by atoms with Crippen LogP contribution >= 0.6 is 0 Å². The van der Waals surface area contributed by atoms with Crippen LogP contribution in [0.25, 0.3) is 22.8 Å². The van der Waals surface area contributed by atoms with Crippen LogP contribution in [0.5, 0.6) is 0 Å². The maximum Gasteiger partial charge on any atom is 0.490 e. The largest absolute Gasteiger partial charge is 0.490 e. The monoisotopic (exact) mass is 599 g/mol. The van der Waals surface area contributed by atoms with Crippen molar-refractivity contribution >= 4 is 23.5 Å². The molecule has 3 N–H and O–H groups in total. The number of pyridine rings is 1. The molecule has 4 aromatic heterocycles. The molecule has 43 heavy (non-hydrogen) atoms. The Hall–Kier alpha value is -4.90. The third-order valence-corrected chi connectivity index (χ3v) is 7.14. The van der Waals surface area contributed by atoms with Crippen molar-refractivity contribution in [3.05, 3.63) is 54.7 Å². The molecule has 0 aromatic carbocycles. The van der Waals surface area contributed by atoms with Gasteiger partial charge >= 0.3 is 12.1 Å². The van der Waals surface area contributed by atoms with Gasteiger partial charge in [0.1, 0.15) is 5.69 Å². The number of nitrogens with one attached hydrogen (secondary N) is 2. The molecule has 0 radical (unpaired) electrons. The average molecular weight is 600 g/mol. The van der Waals surface area contributed by atoms with Crippen LogP contribution in [-0.2, 0) is 19.9 Å². The number of aromatic nitrogens is 6. The number of nitrogens with zero attached hydrogens (tertiary/aromatic N) is 7. The number of carbonyl (C=O) groups is 2. The van der Waals surface area contributed by atoms with E-state index in [0.29, 0.717) is 23.0 Å². The summed E-state index contributed by atoms with van der Waals surface area (Å²) < 4.78 is 50.0. The zero-order valence-electron chi connectivity index (χ0n) is 22.4. The number of carbonyl (C=O) groups excluding carboxylic acids is 2. The number of esters is 1. The van der Waals surface area contributed by atoms with Gasteiger partial charge < -0.3 is 29.9 Å². The lowest BCUT2D eigenvalue weighted by atomic mass is 9.95. The second-order valence-electron chi connectivity index (χ2n) is 10.1. The Morgan fingerprint density at radius 1 is 1.21 bits per heavy atom. The number of rotatable bonds is 7. The third kappa shape index (κ3) is 5.39. The number of hydrogen-bond acceptors (Lipinski definition) is 12. The molecule has 4 aromatic rings. The van der Waals surface area contributed by atoms with E-state index in [0.717, 1.165) is 30.5 Å². The first-order chi connectivity index (χ1) is 20.5. The van der Waals surface area contributed by atoms with Crippen LogP contribution in [0.15, 0.2) is 53.4 Å². The van der Waals surface area contributed by atoms with Crippen molar-refractivity contribution in [2.45, 2.75) is 30.3 Å². The molecule has 6 heterocycles. The summed E-state index contributed by atoms with van der Waals surface area (Å²) in [6, 6.07) is 8.01. The molecule has 0 aliphatic carbocycles. The van der Waals surface area contributed by atoms with Gasteiger partial charge in [0.05, 0.1) is 41.6 Å². The predicted molar refractivity (Wildman–Crippen MR) is 140 cm³/mol. The van der Waals surface area contributed by atoms with Gasteiger partial charge in [0.2, 0.25) is 11.5 Å². The summed E-state index contributed by atoms with van der Waals surface area (Å²) in [7, 11) is 1.24. The minimum Gasteiger partial charge on any atom is -0.450 e. The molecule has 224 valence electrons. The molecule has 6 rings (SSSR count). The maximum absolute atomic E-state index is 12.8. The highest BCUT2D eigenvalue weighted by molar-refractivity contribution is 5.90. The highest BCUT2D eigenvalue weighted by Crippen LogP contribution is 2.38. The minimum absolute atomic E-state index is 0.0646. The molecule has 14 nitrogen and oxygen atoms in total. The first kappa shape index (κ1) is 28.2. The molecule has 0 spiro atoms. The van der Waals surface area contributed by atoms with E-state index < -0.39 is 42.1 Å². The van der Waals surface area contributed by atoms with Crippen LogP contribution < -0.4 is 10.6 Å². The molecule has 1 amide bonds. The Morgan fingerprint density at radius 2 is 1.98 bits per heavy atom. The van der Waals surface area contributed by atoms with Crippen LogP contribution in [0.3, 0.4) is 0 Å². The maximum atomic E-state index is 12.8. The molecule has 0 bridgehead atoms. The molecule has 0 saturated carbocycles. The van der Waals surface area contributed by atoms with Crippen molar-refractivity contribution in [3.63, 3.8) is 0 Å². The number of amides is 1. The van der Waals surface area contributed by atoms with Crippen molar-refractivity contribution in [2.24, 2.45) is 0 Å². The van der Waals surface area contributed by atoms with Gasteiger partial charge in [0.15, 0.2) is 11.9 Å². The van der Waals surface area contributed by atoms with Gasteiger partial charge in [0, 0.05) is 32.1 Å². The number of likely N-dealkylation sites (N-methyl/N-ethyl adjacent to an activating group) is 1. The Labute approximate surface area is 240 Å². The molecular weight excluding hydrogens is 575 g/mol. The molecule has 2 aliphatic rings. The summed E-state index contributed by atoms with van der Waals surface area (Å²) in [5, 5.41) is 25.8. The minimum atomic E-state index is -5.33. The van der Waals surface area contributed by atoms with E-state index in [-0.39, 0.29) is 17.4 Å². The summed E-state index contributed by atoms with van der Waals surface area (Å²) in [5.41, 5.74) is -0.819. The van der Waals surface area contributed by atoms with Crippen LogP contribution in [-0.4, -0.2) is 90.7 Å². The number of alkyl halides is 3. The second-order valence-corrected chi connectivity index (χ2v) is 10.1. The number of ether oxygens (including phenoxy) is 1. The summed E-state index contributed by atoms with van der Waals surface area (Å²) in [6.07, 6.45) is -1.12. The van der Waals surface area contributed by atoms with Crippen LogP contribution in [0, 0.1) is 0 Å². The van der Waals surface area contributed by atoms with Crippen LogP contribution in [0.2, 0.25) is 0 Å². The van der Waals surface area contributed by atoms with Crippen LogP contribution in [0.4, 0.5) is 24.8 Å². The van der Waals surface area contributed by atoms with E-state index in [1.165, 1.54) is 7.05 Å². The molecular formula is C26H24F3N9O5. The Kier molecular flexibility index (Phi) is 7.05. The Bertz CT molecular complexity index is 1670. The lowest BCUT2D eigenvalue weighted by molar-refractivity contribution is -0.213. The Balaban J connectivity index is 1.22. The van der Waals surface area contributed by atoms with Gasteiger partial charge in [0.25, 0.3) is 5.91 Å². The summed E-state index contributed by atoms with van der Waals surface area (Å²) in [4.78, 5) is 38.5. The molecule has 2 fully saturated rings. The zero-order chi connectivity index (χ0) is 30.4. The molecule has 2 saturated heterocycles. The lowest BCUT2D eigenvalue weighted by Gasteiger charge is -2.24. The van der Waals surface area contributed by atoms with Gasteiger partial charge in [-0.25, -0.2) is 19.7 Å². The summed E-state index contributed by atoms with van der Waals surface area (Å²) in [6.45, 7) is 1.29. The van der Waals surface area contributed by atoms with E-state index in [9.17, 15) is 27.9 Å². The van der Waals surface area contributed by atoms with Gasteiger partial charge in [-0.05, 0) is 31.2 Å². The zero-order valence-corrected chi connectivity index (χ0v) is 22.4. The van der Waals surface area contributed by atoms with Crippen molar-refractivity contribution in [1.82, 2.24) is 40.1 Å². The number of aliphatic hydroxyl groups is 1. The van der Waals surface area contributed by atoms with E-state index in [4.69, 9.17) is 4.52 Å². The van der Waals surface area contributed by atoms with Crippen molar-refractivity contribution in [2.75, 3.05) is 32.0 Å². The quantitative estimate of drug-likeness (QED) is 0.263. The van der Waals surface area contributed by atoms with Crippen molar-refractivity contribution in [1.29, 1.82) is 0 Å². The standard InChI is InChI=1S/C26H24F3N9O5/c1-37-13-21(42-23(40)26(27,28)29)25(41,22(37)39)20-9-19(36-43-20)17-4-2-3-16(34-17)18-6-8-31-24(35-18)33-14-10-32-38(12-14)15-5-7-30-11-15/h2-4,6,8-10,12,15,21,30,41H,5,7,11,13H2,1H3,(H,31,33,35)/t15-,21?,25+/m1/s1. The van der Waals surface area contributed by atoms with Crippen molar-refractivity contribution < 1.29 is 37.1 Å². The van der Waals surface area contributed by atoms with Crippen molar-refractivity contribution in [3.8, 4) is 22.8 Å². The average Bonchev–Trinajstić information content (AvgIpc) is 3.80. The number of likely N-dealkylation sites (tertiary alicyclic amines) is 1. The molecule has 3 atom stereocenters. The first-order valence-electron chi connectivity index (χ1n) is 13.1. The topological polar surface area (TPSA) is 173 Å². The van der Waals surface area contributed by atoms with Gasteiger partial charge in [-0.3, -0.25) is 9.48 Å². The van der Waals surface area contributed by atoms with Gasteiger partial charge in [-0.1, -0.05) is 11.2 Å². The fourth-order valence-electron chi connectivity index (χ4n) is 4.93. The molecule has 17 heteroatoms.